The second kappa shape index (κ2) is 8.15. The fourth-order valence-corrected chi connectivity index (χ4v) is 2.42. The molecule has 2 amide bonds. The number of hydrogen-bond donors (Lipinski definition) is 3. The van der Waals surface area contributed by atoms with Gasteiger partial charge in [0.1, 0.15) is 0 Å². The van der Waals surface area contributed by atoms with E-state index in [1.165, 1.54) is 0 Å². The molecule has 0 radical (unpaired) electrons. The van der Waals surface area contributed by atoms with E-state index in [4.69, 9.17) is 0 Å². The molecule has 0 bridgehead atoms. The molecule has 0 aromatic carbocycles. The smallest absolute Gasteiger partial charge is 0.222 e. The molecule has 0 aromatic rings. The van der Waals surface area contributed by atoms with E-state index in [0.29, 0.717) is 32.4 Å². The molecular formula is C14H26N2O3. The number of amides is 2. The molecule has 110 valence electrons. The summed E-state index contributed by atoms with van der Waals surface area (Å²) < 4.78 is 0. The van der Waals surface area contributed by atoms with Crippen molar-refractivity contribution in [3.8, 4) is 0 Å². The van der Waals surface area contributed by atoms with E-state index >= 15 is 0 Å². The van der Waals surface area contributed by atoms with Gasteiger partial charge in [0.05, 0.1) is 12.0 Å². The zero-order valence-electron chi connectivity index (χ0n) is 11.8. The maximum Gasteiger partial charge on any atom is 0.222 e. The largest absolute Gasteiger partial charge is 0.389 e. The second-order valence-corrected chi connectivity index (χ2v) is 5.41. The van der Waals surface area contributed by atoms with Gasteiger partial charge in [-0.1, -0.05) is 26.2 Å². The second-order valence-electron chi connectivity index (χ2n) is 5.41. The minimum Gasteiger partial charge on any atom is -0.389 e. The summed E-state index contributed by atoms with van der Waals surface area (Å²) in [6, 6.07) is 0. The van der Waals surface area contributed by atoms with E-state index in [2.05, 4.69) is 10.6 Å². The predicted molar refractivity (Wildman–Crippen MR) is 73.6 cm³/mol. The molecule has 3 N–H and O–H groups in total. The number of carbonyl (C=O) groups excluding carboxylic acids is 2. The third-order valence-electron chi connectivity index (χ3n) is 3.52. The van der Waals surface area contributed by atoms with Gasteiger partial charge in [0, 0.05) is 19.5 Å². The van der Waals surface area contributed by atoms with Crippen LogP contribution in [-0.4, -0.2) is 35.6 Å². The van der Waals surface area contributed by atoms with Gasteiger partial charge in [-0.3, -0.25) is 9.59 Å². The van der Waals surface area contributed by atoms with E-state index < -0.39 is 5.60 Å². The summed E-state index contributed by atoms with van der Waals surface area (Å²) >= 11 is 0. The standard InChI is InChI=1S/C14H26N2O3/c1-2-9-15-12(17)6-10-16-13(18)11-14(19)7-4-3-5-8-14/h19H,2-11H2,1H3,(H,15,17)(H,16,18). The van der Waals surface area contributed by atoms with Crippen LogP contribution in [0.4, 0.5) is 0 Å². The Labute approximate surface area is 115 Å². The highest BCUT2D eigenvalue weighted by molar-refractivity contribution is 5.79. The lowest BCUT2D eigenvalue weighted by molar-refractivity contribution is -0.127. The Morgan fingerprint density at radius 2 is 1.68 bits per heavy atom. The quantitative estimate of drug-likeness (QED) is 0.648. The van der Waals surface area contributed by atoms with Crippen molar-refractivity contribution in [2.45, 2.75) is 63.9 Å². The first-order chi connectivity index (χ1) is 9.06. The van der Waals surface area contributed by atoms with Crippen LogP contribution in [0.1, 0.15) is 58.3 Å². The van der Waals surface area contributed by atoms with Gasteiger partial charge < -0.3 is 15.7 Å². The van der Waals surface area contributed by atoms with Crippen LogP contribution in [0.5, 0.6) is 0 Å². The summed E-state index contributed by atoms with van der Waals surface area (Å²) in [4.78, 5) is 23.0. The molecule has 1 rings (SSSR count). The Morgan fingerprint density at radius 3 is 2.32 bits per heavy atom. The van der Waals surface area contributed by atoms with Crippen molar-refractivity contribution in [2.75, 3.05) is 13.1 Å². The summed E-state index contributed by atoms with van der Waals surface area (Å²) in [5, 5.41) is 15.7. The van der Waals surface area contributed by atoms with E-state index in [9.17, 15) is 14.7 Å². The van der Waals surface area contributed by atoms with Crippen LogP contribution in [0.15, 0.2) is 0 Å². The number of aliphatic hydroxyl groups is 1. The molecule has 0 aromatic heterocycles. The van der Waals surface area contributed by atoms with E-state index in [-0.39, 0.29) is 18.2 Å². The molecule has 1 aliphatic rings. The lowest BCUT2D eigenvalue weighted by Gasteiger charge is -2.31. The third-order valence-corrected chi connectivity index (χ3v) is 3.52. The number of hydrogen-bond acceptors (Lipinski definition) is 3. The summed E-state index contributed by atoms with van der Waals surface area (Å²) in [7, 11) is 0. The highest BCUT2D eigenvalue weighted by atomic mass is 16.3. The van der Waals surface area contributed by atoms with Gasteiger partial charge in [0.2, 0.25) is 11.8 Å². The van der Waals surface area contributed by atoms with Crippen molar-refractivity contribution >= 4 is 11.8 Å². The molecule has 5 nitrogen and oxygen atoms in total. The van der Waals surface area contributed by atoms with Crippen molar-refractivity contribution in [3.05, 3.63) is 0 Å². The van der Waals surface area contributed by atoms with E-state index in [0.717, 1.165) is 25.7 Å². The molecule has 1 aliphatic carbocycles. The monoisotopic (exact) mass is 270 g/mol. The average molecular weight is 270 g/mol. The zero-order chi connectivity index (χ0) is 14.1. The van der Waals surface area contributed by atoms with E-state index in [1.807, 2.05) is 6.92 Å². The first-order valence-electron chi connectivity index (χ1n) is 7.31. The lowest BCUT2D eigenvalue weighted by atomic mass is 9.82. The summed E-state index contributed by atoms with van der Waals surface area (Å²) in [5.74, 6) is -0.203. The van der Waals surface area contributed by atoms with Gasteiger partial charge in [-0.2, -0.15) is 0 Å². The zero-order valence-corrected chi connectivity index (χ0v) is 11.8. The van der Waals surface area contributed by atoms with Crippen LogP contribution in [0, 0.1) is 0 Å². The molecule has 1 saturated carbocycles. The fraction of sp³-hybridized carbons (Fsp3) is 0.857. The molecule has 0 aliphatic heterocycles. The van der Waals surface area contributed by atoms with Crippen LogP contribution in [-0.2, 0) is 9.59 Å². The molecule has 0 spiro atoms. The van der Waals surface area contributed by atoms with Gasteiger partial charge in [-0.15, -0.1) is 0 Å². The first-order valence-corrected chi connectivity index (χ1v) is 7.31. The maximum atomic E-state index is 11.7. The van der Waals surface area contributed by atoms with Crippen LogP contribution in [0.3, 0.4) is 0 Å². The first kappa shape index (κ1) is 16.0. The minimum absolute atomic E-state index is 0.0430. The Bertz CT molecular complexity index is 299. The van der Waals surface area contributed by atoms with Crippen molar-refractivity contribution in [2.24, 2.45) is 0 Å². The topological polar surface area (TPSA) is 78.4 Å². The van der Waals surface area contributed by atoms with Crippen LogP contribution in [0.25, 0.3) is 0 Å². The molecular weight excluding hydrogens is 244 g/mol. The van der Waals surface area contributed by atoms with Gasteiger partial charge in [0.25, 0.3) is 0 Å². The summed E-state index contributed by atoms with van der Waals surface area (Å²) in [6.45, 7) is 3.00. The predicted octanol–water partition coefficient (Wildman–Crippen LogP) is 1.10. The molecule has 0 atom stereocenters. The molecule has 0 unspecified atom stereocenters. The van der Waals surface area contributed by atoms with Gasteiger partial charge >= 0.3 is 0 Å². The molecule has 0 saturated heterocycles. The fourth-order valence-electron chi connectivity index (χ4n) is 2.42. The molecule has 19 heavy (non-hydrogen) atoms. The van der Waals surface area contributed by atoms with Crippen molar-refractivity contribution in [1.29, 1.82) is 0 Å². The van der Waals surface area contributed by atoms with E-state index in [1.54, 1.807) is 0 Å². The Kier molecular flexibility index (Phi) is 6.84. The van der Waals surface area contributed by atoms with Gasteiger partial charge in [0.15, 0.2) is 0 Å². The minimum atomic E-state index is -0.827. The lowest BCUT2D eigenvalue weighted by Crippen LogP contribution is -2.39. The van der Waals surface area contributed by atoms with Crippen LogP contribution >= 0.6 is 0 Å². The molecule has 0 heterocycles. The van der Waals surface area contributed by atoms with Crippen molar-refractivity contribution in [3.63, 3.8) is 0 Å². The number of nitrogens with one attached hydrogen (secondary N) is 2. The normalized spacial score (nSPS) is 17.8. The number of carbonyl (C=O) groups is 2. The van der Waals surface area contributed by atoms with Crippen LogP contribution in [0.2, 0.25) is 0 Å². The molecule has 5 heteroatoms. The Hall–Kier alpha value is -1.10. The Balaban J connectivity index is 2.15. The SMILES string of the molecule is CCCNC(=O)CCNC(=O)CC1(O)CCCCC1. The number of rotatable bonds is 7. The maximum absolute atomic E-state index is 11.7. The Morgan fingerprint density at radius 1 is 1.05 bits per heavy atom. The highest BCUT2D eigenvalue weighted by Crippen LogP contribution is 2.30. The summed E-state index contributed by atoms with van der Waals surface area (Å²) in [6.07, 6.45) is 5.89. The van der Waals surface area contributed by atoms with Crippen LogP contribution < -0.4 is 10.6 Å². The van der Waals surface area contributed by atoms with Crippen molar-refractivity contribution in [1.82, 2.24) is 10.6 Å². The highest BCUT2D eigenvalue weighted by Gasteiger charge is 2.31. The molecule has 1 fully saturated rings. The summed E-state index contributed by atoms with van der Waals surface area (Å²) in [5.41, 5.74) is -0.827. The third kappa shape index (κ3) is 6.57. The van der Waals surface area contributed by atoms with Crippen molar-refractivity contribution < 1.29 is 14.7 Å². The van der Waals surface area contributed by atoms with Gasteiger partial charge in [-0.05, 0) is 19.3 Å². The van der Waals surface area contributed by atoms with Gasteiger partial charge in [-0.25, -0.2) is 0 Å². The average Bonchev–Trinajstić information content (AvgIpc) is 2.36.